The maximum atomic E-state index is 12.2. The Kier molecular flexibility index (Phi) is 7.35. The number of nitro benzene ring substituents is 1. The van der Waals surface area contributed by atoms with E-state index in [2.05, 4.69) is 4.90 Å². The van der Waals surface area contributed by atoms with Crippen LogP contribution in [-0.4, -0.2) is 55.1 Å². The third-order valence-electron chi connectivity index (χ3n) is 4.51. The van der Waals surface area contributed by atoms with E-state index in [-0.39, 0.29) is 11.5 Å². The number of nitrogens with zero attached hydrogens (tertiary/aromatic N) is 2. The second kappa shape index (κ2) is 10.2. The van der Waals surface area contributed by atoms with Gasteiger partial charge in [-0.05, 0) is 35.9 Å². The number of hydrogen-bond acceptors (Lipinski definition) is 6. The fourth-order valence-electron chi connectivity index (χ4n) is 2.86. The lowest BCUT2D eigenvalue weighted by molar-refractivity contribution is -0.384. The summed E-state index contributed by atoms with van der Waals surface area (Å²) in [7, 11) is 0. The fraction of sp³-hybridized carbons (Fsp3) is 0.286. The van der Waals surface area contributed by atoms with E-state index >= 15 is 0 Å². The van der Waals surface area contributed by atoms with E-state index in [0.717, 1.165) is 38.4 Å². The van der Waals surface area contributed by atoms with Gasteiger partial charge in [-0.3, -0.25) is 19.8 Å². The molecule has 152 valence electrons. The maximum absolute atomic E-state index is 12.2. The zero-order valence-corrected chi connectivity index (χ0v) is 16.5. The molecular weight excluding hydrogens is 396 g/mol. The average molecular weight is 417 g/mol. The highest BCUT2D eigenvalue weighted by Gasteiger charge is 2.11. The van der Waals surface area contributed by atoms with E-state index < -0.39 is 4.92 Å². The Bertz CT molecular complexity index is 892. The molecule has 0 radical (unpaired) electrons. The van der Waals surface area contributed by atoms with Crippen molar-refractivity contribution in [2.75, 3.05) is 39.5 Å². The van der Waals surface area contributed by atoms with E-state index in [4.69, 9.17) is 21.1 Å². The van der Waals surface area contributed by atoms with Gasteiger partial charge in [0.25, 0.3) is 5.69 Å². The van der Waals surface area contributed by atoms with Crippen molar-refractivity contribution >= 4 is 29.1 Å². The summed E-state index contributed by atoms with van der Waals surface area (Å²) in [6.45, 7) is 4.66. The van der Waals surface area contributed by atoms with Crippen LogP contribution in [0.2, 0.25) is 5.02 Å². The first-order chi connectivity index (χ1) is 14.0. The number of hydrogen-bond donors (Lipinski definition) is 0. The predicted molar refractivity (Wildman–Crippen MR) is 111 cm³/mol. The summed E-state index contributed by atoms with van der Waals surface area (Å²) in [5, 5.41) is 11.1. The molecule has 7 nitrogen and oxygen atoms in total. The lowest BCUT2D eigenvalue weighted by Gasteiger charge is -2.26. The van der Waals surface area contributed by atoms with Crippen molar-refractivity contribution in [3.8, 4) is 5.75 Å². The number of ether oxygens (including phenoxy) is 2. The first-order valence-electron chi connectivity index (χ1n) is 9.22. The highest BCUT2D eigenvalue weighted by Crippen LogP contribution is 2.26. The molecule has 0 atom stereocenters. The number of allylic oxidation sites excluding steroid dienone is 1. The first kappa shape index (κ1) is 21.0. The molecule has 0 saturated carbocycles. The number of halogens is 1. The van der Waals surface area contributed by atoms with Crippen LogP contribution >= 0.6 is 11.6 Å². The maximum Gasteiger partial charge on any atom is 0.269 e. The van der Waals surface area contributed by atoms with Crippen LogP contribution in [0.15, 0.2) is 48.5 Å². The minimum atomic E-state index is -0.503. The molecule has 0 bridgehead atoms. The van der Waals surface area contributed by atoms with Gasteiger partial charge in [0, 0.05) is 37.3 Å². The zero-order valence-electron chi connectivity index (χ0n) is 15.8. The Morgan fingerprint density at radius 1 is 1.21 bits per heavy atom. The van der Waals surface area contributed by atoms with Crippen molar-refractivity contribution in [2.24, 2.45) is 0 Å². The summed E-state index contributed by atoms with van der Waals surface area (Å²) in [5.41, 5.74) is 1.08. The molecule has 2 aromatic carbocycles. The minimum Gasteiger partial charge on any atom is -0.491 e. The molecule has 0 aliphatic carbocycles. The lowest BCUT2D eigenvalue weighted by atomic mass is 10.1. The first-order valence-corrected chi connectivity index (χ1v) is 9.60. The standard InChI is InChI=1S/C21H21ClN2O5/c22-19-15-16(1-7-20(25)17-3-5-18(6-4-17)24(26)27)2-8-21(19)29-14-11-23-9-12-28-13-10-23/h1-8,15H,9-14H2/b7-1+. The molecule has 29 heavy (non-hydrogen) atoms. The quantitative estimate of drug-likeness (QED) is 0.281. The molecule has 0 unspecified atom stereocenters. The molecule has 1 aliphatic heterocycles. The molecule has 0 aromatic heterocycles. The Morgan fingerprint density at radius 3 is 2.59 bits per heavy atom. The topological polar surface area (TPSA) is 81.9 Å². The zero-order chi connectivity index (χ0) is 20.6. The third kappa shape index (κ3) is 6.12. The Morgan fingerprint density at radius 2 is 1.93 bits per heavy atom. The Labute approximate surface area is 173 Å². The van der Waals surface area contributed by atoms with Gasteiger partial charge in [0.2, 0.25) is 0 Å². The summed E-state index contributed by atoms with van der Waals surface area (Å²) < 4.78 is 11.1. The number of non-ortho nitro benzene ring substituents is 1. The van der Waals surface area contributed by atoms with Gasteiger partial charge in [0.05, 0.1) is 23.2 Å². The fourth-order valence-corrected chi connectivity index (χ4v) is 3.11. The predicted octanol–water partition coefficient (Wildman–Crippen LogP) is 3.86. The summed E-state index contributed by atoms with van der Waals surface area (Å²) in [4.78, 5) is 24.7. The van der Waals surface area contributed by atoms with Crippen molar-refractivity contribution in [3.05, 3.63) is 74.8 Å². The normalized spacial score (nSPS) is 14.8. The van der Waals surface area contributed by atoms with Gasteiger partial charge in [0.15, 0.2) is 5.78 Å². The van der Waals surface area contributed by atoms with Gasteiger partial charge >= 0.3 is 0 Å². The highest BCUT2D eigenvalue weighted by molar-refractivity contribution is 6.32. The molecule has 1 saturated heterocycles. The van der Waals surface area contributed by atoms with Crippen molar-refractivity contribution in [3.63, 3.8) is 0 Å². The molecule has 1 heterocycles. The molecule has 0 spiro atoms. The highest BCUT2D eigenvalue weighted by atomic mass is 35.5. The smallest absolute Gasteiger partial charge is 0.269 e. The minimum absolute atomic E-state index is 0.0541. The van der Waals surface area contributed by atoms with Crippen molar-refractivity contribution in [2.45, 2.75) is 0 Å². The molecule has 2 aromatic rings. The van der Waals surface area contributed by atoms with Crippen LogP contribution in [0.25, 0.3) is 6.08 Å². The monoisotopic (exact) mass is 416 g/mol. The van der Waals surface area contributed by atoms with Crippen LogP contribution in [0.4, 0.5) is 5.69 Å². The summed E-state index contributed by atoms with van der Waals surface area (Å²) in [6, 6.07) is 10.8. The van der Waals surface area contributed by atoms with Crippen LogP contribution < -0.4 is 4.74 Å². The molecular formula is C21H21ClN2O5. The van der Waals surface area contributed by atoms with Crippen LogP contribution in [0, 0.1) is 10.1 Å². The van der Waals surface area contributed by atoms with E-state index in [1.807, 2.05) is 6.07 Å². The Balaban J connectivity index is 1.54. The van der Waals surface area contributed by atoms with Crippen molar-refractivity contribution < 1.29 is 19.2 Å². The van der Waals surface area contributed by atoms with Gasteiger partial charge in [-0.1, -0.05) is 23.7 Å². The van der Waals surface area contributed by atoms with E-state index in [1.165, 1.54) is 30.3 Å². The summed E-state index contributed by atoms with van der Waals surface area (Å²) in [6.07, 6.45) is 3.05. The molecule has 0 N–H and O–H groups in total. The number of rotatable bonds is 8. The largest absolute Gasteiger partial charge is 0.491 e. The number of morpholine rings is 1. The second-order valence-electron chi connectivity index (χ2n) is 6.49. The van der Waals surface area contributed by atoms with Gasteiger partial charge in [0.1, 0.15) is 12.4 Å². The van der Waals surface area contributed by atoms with Gasteiger partial charge in [-0.15, -0.1) is 0 Å². The number of ketones is 1. The van der Waals surface area contributed by atoms with Gasteiger partial charge in [-0.2, -0.15) is 0 Å². The molecule has 1 aliphatic rings. The molecule has 3 rings (SSSR count). The SMILES string of the molecule is O=C(/C=C/c1ccc(OCCN2CCOCC2)c(Cl)c1)c1ccc([N+](=O)[O-])cc1. The van der Waals surface area contributed by atoms with Crippen LogP contribution in [0.5, 0.6) is 5.75 Å². The van der Waals surface area contributed by atoms with E-state index in [1.54, 1.807) is 18.2 Å². The third-order valence-corrected chi connectivity index (χ3v) is 4.81. The van der Waals surface area contributed by atoms with Gasteiger partial charge < -0.3 is 9.47 Å². The molecule has 0 amide bonds. The Hall–Kier alpha value is -2.74. The number of carbonyl (C=O) groups is 1. The van der Waals surface area contributed by atoms with Crippen molar-refractivity contribution in [1.82, 2.24) is 4.90 Å². The number of carbonyl (C=O) groups excluding carboxylic acids is 1. The summed E-state index contributed by atoms with van der Waals surface area (Å²) >= 11 is 6.29. The van der Waals surface area contributed by atoms with E-state index in [0.29, 0.717) is 22.9 Å². The lowest BCUT2D eigenvalue weighted by Crippen LogP contribution is -2.38. The van der Waals surface area contributed by atoms with Crippen LogP contribution in [0.1, 0.15) is 15.9 Å². The van der Waals surface area contributed by atoms with Crippen LogP contribution in [0.3, 0.4) is 0 Å². The van der Waals surface area contributed by atoms with Crippen LogP contribution in [-0.2, 0) is 4.74 Å². The average Bonchev–Trinajstić information content (AvgIpc) is 2.74. The van der Waals surface area contributed by atoms with Gasteiger partial charge in [-0.25, -0.2) is 0 Å². The number of benzene rings is 2. The number of nitro groups is 1. The van der Waals surface area contributed by atoms with Crippen molar-refractivity contribution in [1.29, 1.82) is 0 Å². The van der Waals surface area contributed by atoms with E-state index in [9.17, 15) is 14.9 Å². The molecule has 8 heteroatoms. The molecule has 1 fully saturated rings. The summed E-state index contributed by atoms with van der Waals surface area (Å²) in [5.74, 6) is 0.348. The second-order valence-corrected chi connectivity index (χ2v) is 6.90.